The minimum absolute atomic E-state index is 0.699. The first-order valence-electron chi connectivity index (χ1n) is 6.81. The van der Waals surface area contributed by atoms with Crippen LogP contribution < -0.4 is 4.65 Å². The largest absolute Gasteiger partial charge is 0.488 e. The Kier molecular flexibility index (Phi) is 6.56. The molecule has 0 aromatic rings. The summed E-state index contributed by atoms with van der Waals surface area (Å²) in [4.78, 5) is 0. The molecule has 0 atom stereocenters. The zero-order valence-electron chi connectivity index (χ0n) is 11.7. The zero-order chi connectivity index (χ0) is 12.8. The molecule has 1 aliphatic rings. The molecular weight excluding hydrogens is 266 g/mol. The Morgan fingerprint density at radius 2 is 1.41 bits per heavy atom. The minimum Gasteiger partial charge on any atom is -0.376 e. The van der Waals surface area contributed by atoms with Gasteiger partial charge in [-0.15, -0.1) is 0 Å². The van der Waals surface area contributed by atoms with Gasteiger partial charge in [0.25, 0.3) is 0 Å². The molecule has 102 valence electrons. The lowest BCUT2D eigenvalue weighted by Gasteiger charge is -2.41. The normalized spacial score (nSPS) is 19.9. The average Bonchev–Trinajstić information content (AvgIpc) is 2.80. The van der Waals surface area contributed by atoms with Gasteiger partial charge in [-0.1, -0.05) is 12.8 Å². The lowest BCUT2D eigenvalue weighted by molar-refractivity contribution is 0.0897. The molecule has 0 amide bonds. The predicted octanol–water partition coefficient (Wildman–Crippen LogP) is 0.722. The van der Waals surface area contributed by atoms with Crippen LogP contribution in [0.15, 0.2) is 0 Å². The third kappa shape index (κ3) is 3.09. The average molecular weight is 294 g/mol. The van der Waals surface area contributed by atoms with Crippen LogP contribution in [-0.4, -0.2) is 46.3 Å². The highest BCUT2D eigenvalue weighted by Gasteiger charge is 2.63. The summed E-state index contributed by atoms with van der Waals surface area (Å²) in [7, 11) is -3.10. The molecule has 0 aromatic carbocycles. The van der Waals surface area contributed by atoms with Gasteiger partial charge >= 0.3 is 8.32 Å². The fourth-order valence-corrected chi connectivity index (χ4v) is 20.2. The predicted molar refractivity (Wildman–Crippen MR) is 78.3 cm³/mol. The second-order valence-electron chi connectivity index (χ2n) is 4.39. The minimum atomic E-state index is -2.45. The summed E-state index contributed by atoms with van der Waals surface area (Å²) in [6.45, 7) is 8.23. The molecule has 1 rings (SSSR count). The first-order chi connectivity index (χ1) is 8.20. The second-order valence-corrected chi connectivity index (χ2v) is 16.2. The van der Waals surface area contributed by atoms with E-state index in [9.17, 15) is 0 Å². The van der Waals surface area contributed by atoms with Gasteiger partial charge in [0.05, 0.1) is 10.4 Å². The fourth-order valence-electron chi connectivity index (χ4n) is 2.80. The van der Waals surface area contributed by atoms with Crippen LogP contribution in [0.5, 0.6) is 0 Å². The van der Waals surface area contributed by atoms with Crippen molar-refractivity contribution >= 4 is 26.5 Å². The summed E-state index contributed by atoms with van der Waals surface area (Å²) >= 11 is 0. The Morgan fingerprint density at radius 3 is 1.71 bits per heavy atom. The van der Waals surface area contributed by atoms with E-state index < -0.39 is 16.1 Å². The molecule has 0 spiro atoms. The topological polar surface area (TPSA) is 39.7 Å². The van der Waals surface area contributed by atoms with Crippen LogP contribution in [0.2, 0.25) is 12.1 Å². The van der Waals surface area contributed by atoms with Gasteiger partial charge in [-0.25, -0.2) is 0 Å². The number of hydrogen-bond donors (Lipinski definition) is 1. The lowest BCUT2D eigenvalue weighted by Crippen LogP contribution is -2.74. The van der Waals surface area contributed by atoms with Gasteiger partial charge in [0.2, 0.25) is 7.75 Å². The van der Waals surface area contributed by atoms with Crippen LogP contribution in [0.25, 0.3) is 0 Å². The van der Waals surface area contributed by atoms with Crippen molar-refractivity contribution in [2.75, 3.05) is 19.8 Å². The van der Waals surface area contributed by atoms with E-state index in [-0.39, 0.29) is 0 Å². The van der Waals surface area contributed by atoms with Gasteiger partial charge in [0, 0.05) is 19.8 Å². The van der Waals surface area contributed by atoms with Crippen LogP contribution in [0.3, 0.4) is 0 Å². The molecule has 1 N–H and O–H groups in total. The lowest BCUT2D eigenvalue weighted by atomic mass is 10.4. The SMILES string of the molecule is CCO[Si](OCC)(OCC)[Si]1(N[SiH3])CCCC1. The maximum Gasteiger partial charge on any atom is 0.488 e. The van der Waals surface area contributed by atoms with Crippen molar-refractivity contribution < 1.29 is 13.3 Å². The van der Waals surface area contributed by atoms with Crippen LogP contribution in [0, 0.1) is 0 Å². The Bertz CT molecular complexity index is 208. The van der Waals surface area contributed by atoms with Crippen molar-refractivity contribution in [3.05, 3.63) is 0 Å². The Morgan fingerprint density at radius 1 is 1.00 bits per heavy atom. The molecule has 0 aliphatic carbocycles. The molecular formula is C10H27NO3Si3. The van der Waals surface area contributed by atoms with Crippen molar-refractivity contribution in [2.24, 2.45) is 0 Å². The van der Waals surface area contributed by atoms with Crippen LogP contribution in [-0.2, 0) is 13.3 Å². The molecule has 1 saturated heterocycles. The first-order valence-corrected chi connectivity index (χ1v) is 12.9. The molecule has 0 saturated carbocycles. The second kappa shape index (κ2) is 7.17. The zero-order valence-corrected chi connectivity index (χ0v) is 15.7. The highest BCUT2D eigenvalue weighted by atomic mass is 29.3. The van der Waals surface area contributed by atoms with E-state index in [4.69, 9.17) is 13.3 Å². The number of nitrogens with one attached hydrogen (secondary N) is 1. The molecule has 4 nitrogen and oxygen atoms in total. The monoisotopic (exact) mass is 293 g/mol. The maximum atomic E-state index is 6.10. The van der Waals surface area contributed by atoms with Crippen molar-refractivity contribution in [3.63, 3.8) is 0 Å². The van der Waals surface area contributed by atoms with E-state index in [0.717, 1.165) is 10.4 Å². The van der Waals surface area contributed by atoms with Crippen molar-refractivity contribution in [3.8, 4) is 0 Å². The number of rotatable bonds is 8. The van der Waals surface area contributed by atoms with E-state index in [1.165, 1.54) is 24.9 Å². The van der Waals surface area contributed by atoms with Gasteiger partial charge < -0.3 is 17.9 Å². The number of hydrogen-bond acceptors (Lipinski definition) is 4. The summed E-state index contributed by atoms with van der Waals surface area (Å²) in [6.07, 6.45) is 2.62. The van der Waals surface area contributed by atoms with E-state index in [0.29, 0.717) is 19.8 Å². The Labute approximate surface area is 110 Å². The standard InChI is InChI=1S/C10H27NO3Si3/c1-4-12-17(13-5-2,14-6-3)16(11-15)9-7-8-10-16/h11H,4-10H2,1-3,15H3. The van der Waals surface area contributed by atoms with Crippen molar-refractivity contribution in [1.82, 2.24) is 4.65 Å². The van der Waals surface area contributed by atoms with Crippen molar-refractivity contribution in [1.29, 1.82) is 0 Å². The molecule has 0 aromatic heterocycles. The summed E-state index contributed by atoms with van der Waals surface area (Å²) in [5.41, 5.74) is 0. The molecule has 1 aliphatic heterocycles. The third-order valence-corrected chi connectivity index (χ3v) is 21.5. The van der Waals surface area contributed by atoms with Crippen LogP contribution in [0.4, 0.5) is 0 Å². The summed E-state index contributed by atoms with van der Waals surface area (Å²) < 4.78 is 22.1. The van der Waals surface area contributed by atoms with Gasteiger partial charge in [-0.2, -0.15) is 0 Å². The smallest absolute Gasteiger partial charge is 0.376 e. The van der Waals surface area contributed by atoms with Gasteiger partial charge in [0.15, 0.2) is 0 Å². The summed E-state index contributed by atoms with van der Waals surface area (Å²) in [5, 5.41) is 0. The molecule has 1 fully saturated rings. The maximum absolute atomic E-state index is 6.10. The van der Waals surface area contributed by atoms with Crippen LogP contribution in [0.1, 0.15) is 33.6 Å². The van der Waals surface area contributed by atoms with Gasteiger partial charge in [0.1, 0.15) is 0 Å². The van der Waals surface area contributed by atoms with E-state index in [1.54, 1.807) is 0 Å². The Balaban J connectivity index is 2.98. The van der Waals surface area contributed by atoms with Crippen molar-refractivity contribution in [2.45, 2.75) is 45.7 Å². The van der Waals surface area contributed by atoms with Crippen LogP contribution >= 0.6 is 0 Å². The Hall–Kier alpha value is 0.491. The van der Waals surface area contributed by atoms with E-state index in [1.807, 2.05) is 20.8 Å². The highest BCUT2D eigenvalue weighted by Crippen LogP contribution is 2.36. The van der Waals surface area contributed by atoms with Gasteiger partial charge in [-0.3, -0.25) is 0 Å². The van der Waals surface area contributed by atoms with E-state index >= 15 is 0 Å². The quantitative estimate of drug-likeness (QED) is 0.670. The summed E-state index contributed by atoms with van der Waals surface area (Å²) in [5.74, 6) is 0. The molecule has 1 heterocycles. The molecule has 0 radical (unpaired) electrons. The third-order valence-electron chi connectivity index (χ3n) is 3.52. The molecule has 0 unspecified atom stereocenters. The molecule has 0 bridgehead atoms. The summed E-state index contributed by atoms with van der Waals surface area (Å²) in [6, 6.07) is 2.53. The highest BCUT2D eigenvalue weighted by molar-refractivity contribution is 7.35. The first kappa shape index (κ1) is 15.5. The van der Waals surface area contributed by atoms with E-state index in [2.05, 4.69) is 4.65 Å². The molecule has 7 heteroatoms. The fraction of sp³-hybridized carbons (Fsp3) is 1.00. The molecule has 17 heavy (non-hydrogen) atoms. The van der Waals surface area contributed by atoms with Gasteiger partial charge in [-0.05, 0) is 32.9 Å².